The summed E-state index contributed by atoms with van der Waals surface area (Å²) in [5.41, 5.74) is 3.41. The molecule has 2 heterocycles. The summed E-state index contributed by atoms with van der Waals surface area (Å²) in [5.74, 6) is 0.300. The Morgan fingerprint density at radius 1 is 1.17 bits per heavy atom. The van der Waals surface area contributed by atoms with Crippen LogP contribution in [0.15, 0.2) is 48.8 Å². The number of benzene rings is 1. The predicted molar refractivity (Wildman–Crippen MR) is 126 cm³/mol. The topological polar surface area (TPSA) is 62.3 Å². The number of amides is 2. The summed E-state index contributed by atoms with van der Waals surface area (Å²) in [6, 6.07) is 12.3. The molecule has 0 saturated carbocycles. The highest BCUT2D eigenvalue weighted by Crippen LogP contribution is 2.32. The van der Waals surface area contributed by atoms with Crippen molar-refractivity contribution in [1.82, 2.24) is 10.3 Å². The van der Waals surface area contributed by atoms with Gasteiger partial charge in [0.05, 0.1) is 0 Å². The Kier molecular flexibility index (Phi) is 7.72. The number of pyridine rings is 1. The van der Waals surface area contributed by atoms with Crippen molar-refractivity contribution < 1.29 is 9.59 Å². The number of unbranched alkanes of at least 4 members (excludes halogenated alkanes) is 2. The van der Waals surface area contributed by atoms with Crippen LogP contribution in [0.25, 0.3) is 0 Å². The Bertz CT molecular complexity index is 863. The van der Waals surface area contributed by atoms with Crippen LogP contribution in [0, 0.1) is 0 Å². The van der Waals surface area contributed by atoms with Gasteiger partial charge in [0, 0.05) is 42.9 Å². The largest absolute Gasteiger partial charge is 0.356 e. The second-order valence-electron chi connectivity index (χ2n) is 8.41. The van der Waals surface area contributed by atoms with E-state index in [1.165, 1.54) is 5.56 Å². The number of aromatic nitrogens is 1. The third-order valence-corrected chi connectivity index (χ3v) is 6.22. The summed E-state index contributed by atoms with van der Waals surface area (Å²) < 4.78 is 0. The lowest BCUT2D eigenvalue weighted by molar-refractivity contribution is -0.121. The highest BCUT2D eigenvalue weighted by atomic mass is 16.2. The molecule has 2 amide bonds. The van der Waals surface area contributed by atoms with Crippen LogP contribution in [0.1, 0.15) is 49.6 Å². The fourth-order valence-corrected chi connectivity index (χ4v) is 4.18. The van der Waals surface area contributed by atoms with Gasteiger partial charge in [0.1, 0.15) is 15.7 Å². The van der Waals surface area contributed by atoms with E-state index >= 15 is 0 Å². The van der Waals surface area contributed by atoms with E-state index in [1.807, 2.05) is 49.3 Å². The van der Waals surface area contributed by atoms with Crippen LogP contribution in [0.4, 0.5) is 5.69 Å². The van der Waals surface area contributed by atoms with E-state index in [9.17, 15) is 9.59 Å². The van der Waals surface area contributed by atoms with Gasteiger partial charge in [0.15, 0.2) is 0 Å². The first kappa shape index (κ1) is 22.1. The van der Waals surface area contributed by atoms with Crippen molar-refractivity contribution in [3.8, 4) is 0 Å². The van der Waals surface area contributed by atoms with Crippen LogP contribution < -0.4 is 10.2 Å². The maximum atomic E-state index is 12.7. The van der Waals surface area contributed by atoms with Crippen LogP contribution >= 0.6 is 0 Å². The standard InChI is InChI=1S/C23H31B2N3O2/c1-16-14-17-8-4-5-10-19(17)28(16)20(29)11-3-2-6-13-27-23(30)22(25)21(24)18-9-7-12-26-15-18/h4-5,7-10,12,15-16,21-22H,2-3,6,11,13-14,24-25H2,1H3,(H,27,30). The molecule has 0 radical (unpaired) electrons. The Morgan fingerprint density at radius 3 is 2.73 bits per heavy atom. The second kappa shape index (κ2) is 10.5. The monoisotopic (exact) mass is 403 g/mol. The van der Waals surface area contributed by atoms with E-state index in [1.54, 1.807) is 6.20 Å². The van der Waals surface area contributed by atoms with Gasteiger partial charge in [-0.3, -0.25) is 14.6 Å². The number of hydrogen-bond acceptors (Lipinski definition) is 3. The number of rotatable bonds is 9. The third kappa shape index (κ3) is 5.32. The molecule has 3 atom stereocenters. The number of hydrogen-bond donors (Lipinski definition) is 1. The normalized spacial score (nSPS) is 17.2. The SMILES string of the molecule is BC(C(=O)NCCCCCC(=O)N1c2ccccc2CC1C)C(B)c1cccnc1. The van der Waals surface area contributed by atoms with E-state index in [0.29, 0.717) is 13.0 Å². The molecule has 0 saturated heterocycles. The molecule has 5 nitrogen and oxygen atoms in total. The van der Waals surface area contributed by atoms with Gasteiger partial charge in [-0.05, 0) is 55.3 Å². The Morgan fingerprint density at radius 2 is 1.97 bits per heavy atom. The summed E-state index contributed by atoms with van der Waals surface area (Å²) >= 11 is 0. The number of anilines is 1. The molecular weight excluding hydrogens is 372 g/mol. The number of para-hydroxylation sites is 1. The van der Waals surface area contributed by atoms with Gasteiger partial charge in [-0.2, -0.15) is 0 Å². The van der Waals surface area contributed by atoms with Gasteiger partial charge >= 0.3 is 0 Å². The van der Waals surface area contributed by atoms with Crippen LogP contribution in [0.3, 0.4) is 0 Å². The van der Waals surface area contributed by atoms with Gasteiger partial charge in [-0.15, -0.1) is 0 Å². The summed E-state index contributed by atoms with van der Waals surface area (Å²) in [6.45, 7) is 2.77. The fraction of sp³-hybridized carbons (Fsp3) is 0.435. The second-order valence-corrected chi connectivity index (χ2v) is 8.41. The predicted octanol–water partition coefficient (Wildman–Crippen LogP) is 1.83. The zero-order valence-corrected chi connectivity index (χ0v) is 18.3. The molecule has 1 aliphatic heterocycles. The summed E-state index contributed by atoms with van der Waals surface area (Å²) in [4.78, 5) is 31.2. The lowest BCUT2D eigenvalue weighted by Crippen LogP contribution is -2.35. The van der Waals surface area contributed by atoms with Crippen molar-refractivity contribution >= 4 is 33.2 Å². The van der Waals surface area contributed by atoms with Gasteiger partial charge in [-0.25, -0.2) is 0 Å². The maximum Gasteiger partial charge on any atom is 0.227 e. The number of fused-ring (bicyclic) bond motifs is 1. The average Bonchev–Trinajstić information content (AvgIpc) is 3.11. The molecule has 0 fully saturated rings. The molecule has 1 aromatic heterocycles. The first-order valence-electron chi connectivity index (χ1n) is 11.1. The van der Waals surface area contributed by atoms with Crippen LogP contribution in [0.5, 0.6) is 0 Å². The van der Waals surface area contributed by atoms with Crippen molar-refractivity contribution in [2.75, 3.05) is 11.4 Å². The molecule has 1 aromatic carbocycles. The number of carbonyl (C=O) groups excluding carboxylic acids is 2. The molecule has 156 valence electrons. The lowest BCUT2D eigenvalue weighted by atomic mass is 9.63. The quantitative estimate of drug-likeness (QED) is 0.514. The van der Waals surface area contributed by atoms with E-state index in [2.05, 4.69) is 31.1 Å². The van der Waals surface area contributed by atoms with E-state index in [0.717, 1.165) is 36.9 Å². The summed E-state index contributed by atoms with van der Waals surface area (Å²) in [5, 5.41) is 3.04. The fourth-order valence-electron chi connectivity index (χ4n) is 4.18. The molecule has 1 N–H and O–H groups in total. The highest BCUT2D eigenvalue weighted by molar-refractivity contribution is 6.30. The average molecular weight is 403 g/mol. The van der Waals surface area contributed by atoms with Crippen LogP contribution in [-0.4, -0.2) is 45.1 Å². The van der Waals surface area contributed by atoms with Gasteiger partial charge in [0.25, 0.3) is 0 Å². The van der Waals surface area contributed by atoms with Crippen molar-refractivity contribution in [2.45, 2.75) is 56.7 Å². The molecule has 0 bridgehead atoms. The molecule has 3 rings (SSSR count). The minimum atomic E-state index is -0.104. The van der Waals surface area contributed by atoms with Crippen molar-refractivity contribution in [3.05, 3.63) is 59.9 Å². The van der Waals surface area contributed by atoms with E-state index < -0.39 is 0 Å². The molecule has 3 unspecified atom stereocenters. The molecule has 30 heavy (non-hydrogen) atoms. The summed E-state index contributed by atoms with van der Waals surface area (Å²) in [7, 11) is 4.02. The van der Waals surface area contributed by atoms with Crippen molar-refractivity contribution in [3.63, 3.8) is 0 Å². The maximum absolute atomic E-state index is 12.7. The zero-order valence-electron chi connectivity index (χ0n) is 18.3. The van der Waals surface area contributed by atoms with E-state index in [-0.39, 0.29) is 29.5 Å². The van der Waals surface area contributed by atoms with Gasteiger partial charge in [-0.1, -0.05) is 30.7 Å². The summed E-state index contributed by atoms with van der Waals surface area (Å²) in [6.07, 6.45) is 7.73. The zero-order chi connectivity index (χ0) is 21.5. The number of nitrogens with zero attached hydrogens (tertiary/aromatic N) is 2. The van der Waals surface area contributed by atoms with Crippen molar-refractivity contribution in [1.29, 1.82) is 0 Å². The molecule has 0 aliphatic carbocycles. The third-order valence-electron chi connectivity index (χ3n) is 6.22. The molecule has 7 heteroatoms. The minimum absolute atomic E-state index is 0.0740. The smallest absolute Gasteiger partial charge is 0.227 e. The Labute approximate surface area is 181 Å². The number of nitrogens with one attached hydrogen (secondary N) is 1. The van der Waals surface area contributed by atoms with E-state index in [4.69, 9.17) is 0 Å². The molecule has 0 spiro atoms. The van der Waals surface area contributed by atoms with Gasteiger partial charge < -0.3 is 10.2 Å². The Balaban J connectivity index is 1.35. The minimum Gasteiger partial charge on any atom is -0.356 e. The highest BCUT2D eigenvalue weighted by Gasteiger charge is 2.29. The number of carbonyl (C=O) groups is 2. The first-order chi connectivity index (χ1) is 14.5. The first-order valence-corrected chi connectivity index (χ1v) is 11.1. The Hall–Kier alpha value is -2.56. The van der Waals surface area contributed by atoms with Crippen LogP contribution in [-0.2, 0) is 16.0 Å². The van der Waals surface area contributed by atoms with Gasteiger partial charge in [0.2, 0.25) is 11.8 Å². The molecule has 2 aromatic rings. The van der Waals surface area contributed by atoms with Crippen molar-refractivity contribution in [2.24, 2.45) is 0 Å². The lowest BCUT2D eigenvalue weighted by Gasteiger charge is -2.22. The molecule has 1 aliphatic rings. The van der Waals surface area contributed by atoms with Crippen LogP contribution in [0.2, 0.25) is 5.82 Å². The molecular formula is C23H31B2N3O2.